The SMILES string of the molecule is Cc1ccc(Nc2nc(Nc3ccc(C)cc3C)nc(N[C@H](C)C(=O)O)n2)c(C)c1. The van der Waals surface area contributed by atoms with Gasteiger partial charge < -0.3 is 21.1 Å². The first kappa shape index (κ1) is 21.0. The summed E-state index contributed by atoms with van der Waals surface area (Å²) in [6.45, 7) is 9.58. The minimum atomic E-state index is -0.997. The normalized spacial score (nSPS) is 11.6. The molecule has 0 radical (unpaired) electrons. The minimum absolute atomic E-state index is 0.166. The number of rotatable bonds is 7. The second kappa shape index (κ2) is 8.77. The Hall–Kier alpha value is -3.68. The summed E-state index contributed by atoms with van der Waals surface area (Å²) in [6.07, 6.45) is 0. The Kier molecular flexibility index (Phi) is 6.15. The molecule has 1 heterocycles. The maximum Gasteiger partial charge on any atom is 0.325 e. The second-order valence-electron chi connectivity index (χ2n) is 7.40. The van der Waals surface area contributed by atoms with Crippen LogP contribution in [0.3, 0.4) is 0 Å². The van der Waals surface area contributed by atoms with Crippen LogP contribution in [0.5, 0.6) is 0 Å². The molecule has 0 unspecified atom stereocenters. The fourth-order valence-electron chi connectivity index (χ4n) is 2.96. The van der Waals surface area contributed by atoms with E-state index in [0.29, 0.717) is 11.9 Å². The number of aromatic nitrogens is 3. The molecule has 156 valence electrons. The molecular formula is C22H26N6O2. The fraction of sp³-hybridized carbons (Fsp3) is 0.273. The van der Waals surface area contributed by atoms with Gasteiger partial charge in [-0.3, -0.25) is 4.79 Å². The smallest absolute Gasteiger partial charge is 0.325 e. The lowest BCUT2D eigenvalue weighted by Gasteiger charge is -2.15. The fourth-order valence-corrected chi connectivity index (χ4v) is 2.96. The summed E-state index contributed by atoms with van der Waals surface area (Å²) in [4.78, 5) is 24.4. The van der Waals surface area contributed by atoms with E-state index in [1.54, 1.807) is 0 Å². The summed E-state index contributed by atoms with van der Waals surface area (Å²) in [5.41, 5.74) is 6.13. The third-order valence-corrected chi connectivity index (χ3v) is 4.61. The lowest BCUT2D eigenvalue weighted by atomic mass is 10.1. The van der Waals surface area contributed by atoms with Crippen molar-refractivity contribution in [2.24, 2.45) is 0 Å². The van der Waals surface area contributed by atoms with E-state index in [4.69, 9.17) is 0 Å². The number of benzene rings is 2. The van der Waals surface area contributed by atoms with Crippen LogP contribution in [0.1, 0.15) is 29.2 Å². The van der Waals surface area contributed by atoms with E-state index >= 15 is 0 Å². The number of nitrogens with one attached hydrogen (secondary N) is 3. The first-order chi connectivity index (χ1) is 14.2. The van der Waals surface area contributed by atoms with Crippen LogP contribution in [-0.4, -0.2) is 32.1 Å². The van der Waals surface area contributed by atoms with Crippen LogP contribution >= 0.6 is 0 Å². The first-order valence-electron chi connectivity index (χ1n) is 9.65. The van der Waals surface area contributed by atoms with Gasteiger partial charge in [0.2, 0.25) is 17.8 Å². The summed E-state index contributed by atoms with van der Waals surface area (Å²) in [5.74, 6) is -0.212. The van der Waals surface area contributed by atoms with Gasteiger partial charge in [0.15, 0.2) is 0 Å². The first-order valence-corrected chi connectivity index (χ1v) is 9.65. The number of carbonyl (C=O) groups is 1. The highest BCUT2D eigenvalue weighted by atomic mass is 16.4. The number of hydrogen-bond acceptors (Lipinski definition) is 7. The number of hydrogen-bond donors (Lipinski definition) is 4. The zero-order valence-corrected chi connectivity index (χ0v) is 17.7. The van der Waals surface area contributed by atoms with Crippen molar-refractivity contribution in [3.8, 4) is 0 Å². The minimum Gasteiger partial charge on any atom is -0.480 e. The number of aryl methyl sites for hydroxylation is 4. The Balaban J connectivity index is 1.96. The molecule has 3 aromatic rings. The van der Waals surface area contributed by atoms with Crippen LogP contribution in [0.25, 0.3) is 0 Å². The predicted molar refractivity (Wildman–Crippen MR) is 119 cm³/mol. The van der Waals surface area contributed by atoms with Gasteiger partial charge in [-0.15, -0.1) is 0 Å². The van der Waals surface area contributed by atoms with Gasteiger partial charge in [0, 0.05) is 11.4 Å². The average molecular weight is 406 g/mol. The Morgan fingerprint density at radius 3 is 1.63 bits per heavy atom. The lowest BCUT2D eigenvalue weighted by Crippen LogP contribution is -2.27. The summed E-state index contributed by atoms with van der Waals surface area (Å²) in [7, 11) is 0. The van der Waals surface area contributed by atoms with E-state index in [9.17, 15) is 9.90 Å². The molecule has 3 rings (SSSR count). The predicted octanol–water partition coefficient (Wildman–Crippen LogP) is 4.48. The Morgan fingerprint density at radius 1 is 0.800 bits per heavy atom. The molecule has 4 N–H and O–H groups in total. The van der Waals surface area contributed by atoms with Crippen molar-refractivity contribution in [3.63, 3.8) is 0 Å². The molecule has 8 heteroatoms. The summed E-state index contributed by atoms with van der Waals surface area (Å²) in [6, 6.07) is 11.2. The van der Waals surface area contributed by atoms with E-state index in [0.717, 1.165) is 33.6 Å². The second-order valence-corrected chi connectivity index (χ2v) is 7.40. The number of carboxylic acids is 1. The topological polar surface area (TPSA) is 112 Å². The van der Waals surface area contributed by atoms with Gasteiger partial charge in [0.05, 0.1) is 0 Å². The van der Waals surface area contributed by atoms with Crippen LogP contribution < -0.4 is 16.0 Å². The van der Waals surface area contributed by atoms with E-state index in [-0.39, 0.29) is 5.95 Å². The van der Waals surface area contributed by atoms with E-state index in [2.05, 4.69) is 43.0 Å². The summed E-state index contributed by atoms with van der Waals surface area (Å²) >= 11 is 0. The molecule has 0 saturated carbocycles. The van der Waals surface area contributed by atoms with Crippen LogP contribution in [-0.2, 0) is 4.79 Å². The van der Waals surface area contributed by atoms with E-state index in [1.807, 2.05) is 52.0 Å². The molecule has 0 amide bonds. The number of anilines is 5. The highest BCUT2D eigenvalue weighted by Gasteiger charge is 2.15. The van der Waals surface area contributed by atoms with Gasteiger partial charge in [-0.05, 0) is 57.9 Å². The zero-order valence-electron chi connectivity index (χ0n) is 17.7. The molecular weight excluding hydrogens is 380 g/mol. The highest BCUT2D eigenvalue weighted by molar-refractivity contribution is 5.76. The van der Waals surface area contributed by atoms with Crippen LogP contribution in [0.2, 0.25) is 0 Å². The average Bonchev–Trinajstić information content (AvgIpc) is 2.66. The van der Waals surface area contributed by atoms with Crippen molar-refractivity contribution < 1.29 is 9.90 Å². The maximum absolute atomic E-state index is 11.2. The molecule has 30 heavy (non-hydrogen) atoms. The molecule has 0 saturated heterocycles. The Bertz CT molecular complexity index is 1010. The monoisotopic (exact) mass is 406 g/mol. The van der Waals surface area contributed by atoms with Crippen molar-refractivity contribution in [2.45, 2.75) is 40.7 Å². The van der Waals surface area contributed by atoms with Crippen LogP contribution in [0.4, 0.5) is 29.2 Å². The van der Waals surface area contributed by atoms with Gasteiger partial charge in [-0.2, -0.15) is 15.0 Å². The largest absolute Gasteiger partial charge is 0.480 e. The highest BCUT2D eigenvalue weighted by Crippen LogP contribution is 2.23. The van der Waals surface area contributed by atoms with Crippen molar-refractivity contribution in [1.82, 2.24) is 15.0 Å². The number of carboxylic acid groups (broad SMARTS) is 1. The molecule has 1 aromatic heterocycles. The quantitative estimate of drug-likeness (QED) is 0.454. The van der Waals surface area contributed by atoms with Gasteiger partial charge in [0.25, 0.3) is 0 Å². The zero-order chi connectivity index (χ0) is 21.8. The van der Waals surface area contributed by atoms with Gasteiger partial charge in [-0.1, -0.05) is 35.4 Å². The van der Waals surface area contributed by atoms with Gasteiger partial charge >= 0.3 is 5.97 Å². The van der Waals surface area contributed by atoms with Crippen molar-refractivity contribution in [1.29, 1.82) is 0 Å². The molecule has 0 spiro atoms. The molecule has 0 aliphatic carbocycles. The number of aliphatic carboxylic acids is 1. The summed E-state index contributed by atoms with van der Waals surface area (Å²) < 4.78 is 0. The molecule has 2 aromatic carbocycles. The van der Waals surface area contributed by atoms with Gasteiger partial charge in [-0.25, -0.2) is 0 Å². The standard InChI is InChI=1S/C22H26N6O2/c1-12-6-8-17(14(3)10-12)24-21-26-20(23-16(5)19(29)30)27-22(28-21)25-18-9-7-13(2)11-15(18)4/h6-11,16H,1-5H3,(H,29,30)(H3,23,24,25,26,27,28)/t16-/m1/s1. The van der Waals surface area contributed by atoms with Crippen LogP contribution in [0.15, 0.2) is 36.4 Å². The maximum atomic E-state index is 11.2. The Labute approximate surface area is 175 Å². The van der Waals surface area contributed by atoms with E-state index in [1.165, 1.54) is 6.92 Å². The third kappa shape index (κ3) is 5.22. The Morgan fingerprint density at radius 2 is 1.23 bits per heavy atom. The van der Waals surface area contributed by atoms with E-state index < -0.39 is 12.0 Å². The molecule has 1 atom stereocenters. The molecule has 0 fully saturated rings. The van der Waals surface area contributed by atoms with Crippen molar-refractivity contribution in [3.05, 3.63) is 58.7 Å². The third-order valence-electron chi connectivity index (χ3n) is 4.61. The number of nitrogens with zero attached hydrogens (tertiary/aromatic N) is 3. The molecule has 0 aliphatic rings. The molecule has 0 bridgehead atoms. The van der Waals surface area contributed by atoms with Crippen molar-refractivity contribution >= 4 is 35.2 Å². The molecule has 8 nitrogen and oxygen atoms in total. The lowest BCUT2D eigenvalue weighted by molar-refractivity contribution is -0.137. The van der Waals surface area contributed by atoms with Crippen LogP contribution in [0, 0.1) is 27.7 Å². The van der Waals surface area contributed by atoms with Crippen molar-refractivity contribution in [2.75, 3.05) is 16.0 Å². The molecule has 0 aliphatic heterocycles. The summed E-state index contributed by atoms with van der Waals surface area (Å²) in [5, 5.41) is 18.4. The van der Waals surface area contributed by atoms with Gasteiger partial charge in [0.1, 0.15) is 6.04 Å².